The lowest BCUT2D eigenvalue weighted by Gasteiger charge is -2.64. The standard InChI is InChI=1S/C63H70O26/c1-34(10-22-51(64)65)40-17-18-41-55-42(33-50(63(40,41)3)89-54(68)25-16-37-13-21-45(85-58(71)77-6)48(30-37)88-61(74)80-9)62(2)27-26-39(81-52(66)23-14-35-11-19-43(83-56(69)75-4)46(28-35)86-59(72)78-7)31-38(62)32-49(55)82-53(67)24-15-36-12-20-44(84-57(70)76-5)47(29-36)87-60(73)79-8/h11-16,19-21,23-25,28-30,34,38-42,49-50,55H,10,17-18,22,26-27,31-33H2,1-9H3,(H,64,65)/b23-14+,24-15+,25-16+/t34-,38-,39-,40-,41+,42+,49-,50+,55+,62+,63-/m1/s1. The molecule has 26 nitrogen and oxygen atoms in total. The highest BCUT2D eigenvalue weighted by atomic mass is 16.8. The molecule has 0 radical (unpaired) electrons. The van der Waals surface area contributed by atoms with Crippen LogP contribution in [0, 0.1) is 46.3 Å². The second kappa shape index (κ2) is 29.9. The second-order valence-electron chi connectivity index (χ2n) is 22.1. The molecule has 4 saturated carbocycles. The van der Waals surface area contributed by atoms with Crippen molar-refractivity contribution in [2.45, 2.75) is 96.9 Å². The molecule has 26 heteroatoms. The Morgan fingerprint density at radius 1 is 0.506 bits per heavy atom. The molecule has 89 heavy (non-hydrogen) atoms. The largest absolute Gasteiger partial charge is 0.513 e. The molecule has 478 valence electrons. The van der Waals surface area contributed by atoms with Crippen molar-refractivity contribution in [3.8, 4) is 34.5 Å². The summed E-state index contributed by atoms with van der Waals surface area (Å²) in [6.45, 7) is 6.23. The third-order valence-electron chi connectivity index (χ3n) is 17.4. The number of carboxylic acids is 1. The normalized spacial score (nSPS) is 24.4. The van der Waals surface area contributed by atoms with Gasteiger partial charge in [0.2, 0.25) is 0 Å². The molecule has 4 aliphatic rings. The van der Waals surface area contributed by atoms with Crippen molar-refractivity contribution in [3.05, 3.63) is 89.5 Å². The lowest BCUT2D eigenvalue weighted by Crippen LogP contribution is -2.63. The van der Waals surface area contributed by atoms with Crippen LogP contribution in [0.15, 0.2) is 72.8 Å². The number of carbonyl (C=O) groups excluding carboxylic acids is 9. The fraction of sp³-hybridized carbons (Fsp3) is 0.460. The van der Waals surface area contributed by atoms with Crippen molar-refractivity contribution in [3.63, 3.8) is 0 Å². The summed E-state index contributed by atoms with van der Waals surface area (Å²) in [5.74, 6) is -5.70. The molecular formula is C63H70O26. The first-order valence-electron chi connectivity index (χ1n) is 28.3. The Morgan fingerprint density at radius 3 is 1.33 bits per heavy atom. The van der Waals surface area contributed by atoms with E-state index in [1.807, 2.05) is 6.92 Å². The Morgan fingerprint density at radius 2 is 0.910 bits per heavy atom. The molecule has 0 amide bonds. The number of carboxylic acid groups (broad SMARTS) is 1. The number of carbonyl (C=O) groups is 10. The minimum atomic E-state index is -1.12. The van der Waals surface area contributed by atoms with Crippen LogP contribution in [0.5, 0.6) is 34.5 Å². The minimum absolute atomic E-state index is 0.0953. The average molecular weight is 1240 g/mol. The maximum atomic E-state index is 14.4. The summed E-state index contributed by atoms with van der Waals surface area (Å²) in [6.07, 6.45) is 2.58. The maximum Gasteiger partial charge on any atom is 0.513 e. The van der Waals surface area contributed by atoms with E-state index in [1.165, 1.54) is 91.1 Å². The SMILES string of the molecule is COC(=O)Oc1ccc(/C=C/C(=O)O[C@@H]2CC[C@@]3(C)[C@H](C2)C[C@@H](OC(=O)/C=C/c2ccc(OC(=O)OC)c(OC(=O)OC)c2)[C@@H]2[C@@H]3C[C@H](OC(=O)/C=C/c3ccc(OC(=O)OC)c(OC(=O)OC)c3)[C@]3(C)[C@@H]([C@H](C)CCC(=O)O)CC[C@@H]23)cc1OC(=O)OC. The van der Waals surface area contributed by atoms with Crippen molar-refractivity contribution < 1.29 is 124 Å². The summed E-state index contributed by atoms with van der Waals surface area (Å²) >= 11 is 0. The van der Waals surface area contributed by atoms with Crippen molar-refractivity contribution >= 4 is 79.0 Å². The van der Waals surface area contributed by atoms with Crippen LogP contribution in [0.1, 0.15) is 95.2 Å². The number of methoxy groups -OCH3 is 6. The van der Waals surface area contributed by atoms with Gasteiger partial charge in [-0.3, -0.25) is 4.79 Å². The van der Waals surface area contributed by atoms with Crippen LogP contribution in [-0.4, -0.2) is 127 Å². The molecule has 3 aromatic carbocycles. The molecule has 0 saturated heterocycles. The molecule has 0 aliphatic heterocycles. The van der Waals surface area contributed by atoms with E-state index in [9.17, 15) is 53.1 Å². The molecular weight excluding hydrogens is 1170 g/mol. The molecule has 11 atom stereocenters. The van der Waals surface area contributed by atoms with Gasteiger partial charge in [0.05, 0.1) is 42.7 Å². The summed E-state index contributed by atoms with van der Waals surface area (Å²) in [5.41, 5.74) is -0.302. The van der Waals surface area contributed by atoms with Crippen LogP contribution in [-0.2, 0) is 61.8 Å². The molecule has 0 bridgehead atoms. The zero-order chi connectivity index (χ0) is 64.7. The molecule has 0 spiro atoms. The first kappa shape index (κ1) is 66.9. The Labute approximate surface area is 511 Å². The first-order chi connectivity index (χ1) is 42.4. The van der Waals surface area contributed by atoms with E-state index < -0.39 is 90.0 Å². The van der Waals surface area contributed by atoms with E-state index in [1.54, 1.807) is 0 Å². The third-order valence-corrected chi connectivity index (χ3v) is 17.4. The topological polar surface area (TPSA) is 329 Å². The van der Waals surface area contributed by atoms with Crippen LogP contribution in [0.25, 0.3) is 18.2 Å². The van der Waals surface area contributed by atoms with Gasteiger partial charge in [0.15, 0.2) is 34.5 Å². The lowest BCUT2D eigenvalue weighted by molar-refractivity contribution is -0.222. The van der Waals surface area contributed by atoms with E-state index in [0.29, 0.717) is 68.1 Å². The van der Waals surface area contributed by atoms with Gasteiger partial charge in [-0.2, -0.15) is 0 Å². The van der Waals surface area contributed by atoms with E-state index in [-0.39, 0.29) is 76.4 Å². The Kier molecular flexibility index (Phi) is 22.4. The van der Waals surface area contributed by atoms with Crippen LogP contribution >= 0.6 is 0 Å². The molecule has 4 fully saturated rings. The minimum Gasteiger partial charge on any atom is -0.481 e. The fourth-order valence-electron chi connectivity index (χ4n) is 13.3. The van der Waals surface area contributed by atoms with Gasteiger partial charge in [0, 0.05) is 36.0 Å². The van der Waals surface area contributed by atoms with Gasteiger partial charge < -0.3 is 76.2 Å². The monoisotopic (exact) mass is 1240 g/mol. The van der Waals surface area contributed by atoms with Crippen LogP contribution in [0.4, 0.5) is 28.8 Å². The number of esters is 3. The Bertz CT molecular complexity index is 3250. The molecule has 1 N–H and O–H groups in total. The molecule has 0 aromatic heterocycles. The van der Waals surface area contributed by atoms with E-state index in [0.717, 1.165) is 42.7 Å². The van der Waals surface area contributed by atoms with Crippen molar-refractivity contribution in [2.75, 3.05) is 42.7 Å². The van der Waals surface area contributed by atoms with Gasteiger partial charge >= 0.3 is 60.8 Å². The number of aliphatic carboxylic acids is 1. The fourth-order valence-corrected chi connectivity index (χ4v) is 13.3. The number of rotatable bonds is 19. The summed E-state index contributed by atoms with van der Waals surface area (Å²) < 4.78 is 77.9. The molecule has 4 aliphatic carbocycles. The number of hydrogen-bond donors (Lipinski definition) is 1. The van der Waals surface area contributed by atoms with E-state index >= 15 is 0 Å². The van der Waals surface area contributed by atoms with Gasteiger partial charge in [-0.25, -0.2) is 43.2 Å². The zero-order valence-electron chi connectivity index (χ0n) is 50.4. The van der Waals surface area contributed by atoms with E-state index in [4.69, 9.17) is 42.6 Å². The zero-order valence-corrected chi connectivity index (χ0v) is 50.4. The number of benzene rings is 3. The predicted octanol–water partition coefficient (Wildman–Crippen LogP) is 11.1. The molecule has 0 unspecified atom stereocenters. The van der Waals surface area contributed by atoms with Gasteiger partial charge in [-0.05, 0) is 158 Å². The smallest absolute Gasteiger partial charge is 0.481 e. The summed E-state index contributed by atoms with van der Waals surface area (Å²) in [7, 11) is 6.55. The highest BCUT2D eigenvalue weighted by molar-refractivity contribution is 5.89. The lowest BCUT2D eigenvalue weighted by atomic mass is 9.43. The van der Waals surface area contributed by atoms with Crippen molar-refractivity contribution in [2.24, 2.45) is 46.3 Å². The van der Waals surface area contributed by atoms with Gasteiger partial charge in [-0.15, -0.1) is 0 Å². The maximum absolute atomic E-state index is 14.4. The molecule has 7 rings (SSSR count). The molecule has 0 heterocycles. The van der Waals surface area contributed by atoms with Crippen LogP contribution in [0.3, 0.4) is 0 Å². The van der Waals surface area contributed by atoms with Gasteiger partial charge in [-0.1, -0.05) is 39.0 Å². The summed E-state index contributed by atoms with van der Waals surface area (Å²) in [6, 6.07) is 12.5. The number of ether oxygens (including phenoxy) is 15. The Balaban J connectivity index is 1.22. The summed E-state index contributed by atoms with van der Waals surface area (Å²) in [4.78, 5) is 127. The van der Waals surface area contributed by atoms with Gasteiger partial charge in [0.25, 0.3) is 0 Å². The van der Waals surface area contributed by atoms with E-state index in [2.05, 4.69) is 42.3 Å². The van der Waals surface area contributed by atoms with Crippen molar-refractivity contribution in [1.82, 2.24) is 0 Å². The quantitative estimate of drug-likeness (QED) is 0.0504. The third kappa shape index (κ3) is 16.5. The number of fused-ring (bicyclic) bond motifs is 5. The predicted molar refractivity (Wildman–Crippen MR) is 306 cm³/mol. The second-order valence-corrected chi connectivity index (χ2v) is 22.1. The average Bonchev–Trinajstić information content (AvgIpc) is 1.69. The van der Waals surface area contributed by atoms with Crippen LogP contribution < -0.4 is 28.4 Å². The Hall–Kier alpha value is -9.62. The van der Waals surface area contributed by atoms with Crippen LogP contribution in [0.2, 0.25) is 0 Å². The summed E-state index contributed by atoms with van der Waals surface area (Å²) in [5, 5.41) is 9.82. The molecule has 3 aromatic rings. The van der Waals surface area contributed by atoms with Gasteiger partial charge in [0.1, 0.15) is 18.3 Å². The highest BCUT2D eigenvalue weighted by Gasteiger charge is 2.68. The highest BCUT2D eigenvalue weighted by Crippen LogP contribution is 2.69. The number of hydrogen-bond acceptors (Lipinski definition) is 25. The first-order valence-corrected chi connectivity index (χ1v) is 28.3. The van der Waals surface area contributed by atoms with Crippen molar-refractivity contribution in [1.29, 1.82) is 0 Å².